The molecule has 1 amide bonds. The number of carbonyl (C=O) groups is 1. The second kappa shape index (κ2) is 11.1. The van der Waals surface area contributed by atoms with Gasteiger partial charge in [-0.3, -0.25) is 4.79 Å². The molecule has 0 radical (unpaired) electrons. The summed E-state index contributed by atoms with van der Waals surface area (Å²) in [5.74, 6) is 0.749. The van der Waals surface area contributed by atoms with Crippen molar-refractivity contribution in [2.24, 2.45) is 5.92 Å². The second-order valence-electron chi connectivity index (χ2n) is 9.79. The smallest absolute Gasteiger partial charge is 0.225 e. The van der Waals surface area contributed by atoms with E-state index in [4.69, 9.17) is 0 Å². The maximum absolute atomic E-state index is 13.1. The molecule has 4 nitrogen and oxygen atoms in total. The zero-order chi connectivity index (χ0) is 22.4. The number of aryl methyl sites for hydroxylation is 1. The average molecular weight is 428 g/mol. The summed E-state index contributed by atoms with van der Waals surface area (Å²) in [7, 11) is 1.86. The SMILES string of the molecule is CCCCCc1cc(O)c(C2C=C(C)CCC2)c(O)c1CN(C)C(=O)C1CCCCC1. The van der Waals surface area contributed by atoms with E-state index in [2.05, 4.69) is 19.9 Å². The van der Waals surface area contributed by atoms with E-state index in [-0.39, 0.29) is 29.2 Å². The fourth-order valence-corrected chi connectivity index (χ4v) is 5.41. The normalized spacial score (nSPS) is 19.8. The first kappa shape index (κ1) is 23.7. The van der Waals surface area contributed by atoms with Gasteiger partial charge in [0.05, 0.1) is 0 Å². The van der Waals surface area contributed by atoms with Gasteiger partial charge in [0.25, 0.3) is 0 Å². The third kappa shape index (κ3) is 5.84. The molecule has 1 atom stereocenters. The van der Waals surface area contributed by atoms with Crippen molar-refractivity contribution in [3.63, 3.8) is 0 Å². The molecule has 0 aromatic heterocycles. The molecule has 1 fully saturated rings. The van der Waals surface area contributed by atoms with Crippen molar-refractivity contribution in [1.82, 2.24) is 4.90 Å². The maximum atomic E-state index is 13.1. The number of phenols is 2. The summed E-state index contributed by atoms with van der Waals surface area (Å²) < 4.78 is 0. The van der Waals surface area contributed by atoms with Crippen molar-refractivity contribution < 1.29 is 15.0 Å². The minimum absolute atomic E-state index is 0.0385. The first-order valence-electron chi connectivity index (χ1n) is 12.4. The van der Waals surface area contributed by atoms with E-state index in [9.17, 15) is 15.0 Å². The molecule has 1 unspecified atom stereocenters. The van der Waals surface area contributed by atoms with Crippen LogP contribution in [0.4, 0.5) is 0 Å². The minimum Gasteiger partial charge on any atom is -0.507 e. The van der Waals surface area contributed by atoms with Crippen molar-refractivity contribution in [3.8, 4) is 11.5 Å². The highest BCUT2D eigenvalue weighted by Gasteiger charge is 2.28. The molecule has 31 heavy (non-hydrogen) atoms. The lowest BCUT2D eigenvalue weighted by molar-refractivity contribution is -0.135. The van der Waals surface area contributed by atoms with Crippen LogP contribution in [0.25, 0.3) is 0 Å². The van der Waals surface area contributed by atoms with Crippen molar-refractivity contribution >= 4 is 5.91 Å². The number of allylic oxidation sites excluding steroid dienone is 2. The van der Waals surface area contributed by atoms with Crippen LogP contribution in [0.5, 0.6) is 11.5 Å². The van der Waals surface area contributed by atoms with Gasteiger partial charge in [-0.15, -0.1) is 0 Å². The molecule has 0 aliphatic heterocycles. The number of nitrogens with zero attached hydrogens (tertiary/aromatic N) is 1. The predicted molar refractivity (Wildman–Crippen MR) is 126 cm³/mol. The van der Waals surface area contributed by atoms with Gasteiger partial charge in [0.15, 0.2) is 0 Å². The molecule has 1 saturated carbocycles. The monoisotopic (exact) mass is 427 g/mol. The number of amides is 1. The van der Waals surface area contributed by atoms with Gasteiger partial charge >= 0.3 is 0 Å². The molecule has 0 heterocycles. The van der Waals surface area contributed by atoms with Crippen molar-refractivity contribution in [2.45, 2.75) is 103 Å². The molecule has 1 aromatic carbocycles. The third-order valence-corrected chi connectivity index (χ3v) is 7.23. The lowest BCUT2D eigenvalue weighted by atomic mass is 9.83. The molecule has 2 aliphatic carbocycles. The lowest BCUT2D eigenvalue weighted by Crippen LogP contribution is -2.34. The number of rotatable bonds is 8. The van der Waals surface area contributed by atoms with Crippen LogP contribution in [0.1, 0.15) is 107 Å². The highest BCUT2D eigenvalue weighted by atomic mass is 16.3. The number of phenolic OH excluding ortho intramolecular Hbond substituents is 2. The molecule has 4 heteroatoms. The first-order valence-corrected chi connectivity index (χ1v) is 12.4. The van der Waals surface area contributed by atoms with Crippen LogP contribution in [-0.4, -0.2) is 28.1 Å². The Morgan fingerprint density at radius 1 is 1.10 bits per heavy atom. The zero-order valence-corrected chi connectivity index (χ0v) is 19.8. The Balaban J connectivity index is 1.91. The quantitative estimate of drug-likeness (QED) is 0.364. The molecule has 2 aliphatic rings. The lowest BCUT2D eigenvalue weighted by Gasteiger charge is -2.29. The van der Waals surface area contributed by atoms with Crippen LogP contribution < -0.4 is 0 Å². The van der Waals surface area contributed by atoms with Crippen molar-refractivity contribution in [3.05, 3.63) is 34.4 Å². The summed E-state index contributed by atoms with van der Waals surface area (Å²) in [6.45, 7) is 4.70. The summed E-state index contributed by atoms with van der Waals surface area (Å²) in [5, 5.41) is 22.2. The van der Waals surface area contributed by atoms with E-state index >= 15 is 0 Å². The first-order chi connectivity index (χ1) is 14.9. The van der Waals surface area contributed by atoms with Gasteiger partial charge in [-0.2, -0.15) is 0 Å². The fourth-order valence-electron chi connectivity index (χ4n) is 5.41. The van der Waals surface area contributed by atoms with Crippen molar-refractivity contribution in [1.29, 1.82) is 0 Å². The molecule has 0 spiro atoms. The van der Waals surface area contributed by atoms with Gasteiger partial charge in [0.2, 0.25) is 5.91 Å². The standard InChI is InChI=1S/C27H41NO3/c1-4-5-7-14-21-17-24(29)25(22-15-10-11-19(2)16-22)26(30)23(21)18-28(3)27(31)20-12-8-6-9-13-20/h16-17,20,22,29-30H,4-15,18H2,1-3H3. The van der Waals surface area contributed by atoms with Gasteiger partial charge in [-0.25, -0.2) is 0 Å². The number of carbonyl (C=O) groups excluding carboxylic acids is 1. The van der Waals surface area contributed by atoms with Gasteiger partial charge in [0, 0.05) is 36.6 Å². The number of unbranched alkanes of at least 4 members (excludes halogenated alkanes) is 2. The van der Waals surface area contributed by atoms with E-state index in [0.717, 1.165) is 81.8 Å². The van der Waals surface area contributed by atoms with Crippen LogP contribution in [0, 0.1) is 5.92 Å². The summed E-state index contributed by atoms with van der Waals surface area (Å²) in [5.41, 5.74) is 3.76. The van der Waals surface area contributed by atoms with Crippen LogP contribution in [0.3, 0.4) is 0 Å². The van der Waals surface area contributed by atoms with Gasteiger partial charge < -0.3 is 15.1 Å². The Kier molecular flexibility index (Phi) is 8.45. The molecule has 1 aromatic rings. The van der Waals surface area contributed by atoms with E-state index < -0.39 is 0 Å². The number of hydrogen-bond acceptors (Lipinski definition) is 3. The van der Waals surface area contributed by atoms with Gasteiger partial charge in [0.1, 0.15) is 11.5 Å². The molecule has 0 saturated heterocycles. The Labute approximate surface area is 188 Å². The van der Waals surface area contributed by atoms with Crippen LogP contribution in [0.15, 0.2) is 17.7 Å². The Morgan fingerprint density at radius 2 is 1.84 bits per heavy atom. The van der Waals surface area contributed by atoms with E-state index in [1.807, 2.05) is 13.1 Å². The average Bonchev–Trinajstić information content (AvgIpc) is 2.76. The fraction of sp³-hybridized carbons (Fsp3) is 0.667. The largest absolute Gasteiger partial charge is 0.507 e. The van der Waals surface area contributed by atoms with E-state index in [0.29, 0.717) is 12.1 Å². The topological polar surface area (TPSA) is 60.8 Å². The highest BCUT2D eigenvalue weighted by Crippen LogP contribution is 2.44. The van der Waals surface area contributed by atoms with Gasteiger partial charge in [-0.1, -0.05) is 50.7 Å². The number of hydrogen-bond donors (Lipinski definition) is 2. The molecule has 3 rings (SSSR count). The van der Waals surface area contributed by atoms with Crippen LogP contribution in [0.2, 0.25) is 0 Å². The molecule has 172 valence electrons. The maximum Gasteiger partial charge on any atom is 0.225 e. The van der Waals surface area contributed by atoms with Crippen LogP contribution >= 0.6 is 0 Å². The van der Waals surface area contributed by atoms with E-state index in [1.165, 1.54) is 12.0 Å². The third-order valence-electron chi connectivity index (χ3n) is 7.23. The minimum atomic E-state index is 0.0385. The molecule has 2 N–H and O–H groups in total. The summed E-state index contributed by atoms with van der Waals surface area (Å²) in [6, 6.07) is 1.86. The summed E-state index contributed by atoms with van der Waals surface area (Å²) in [6.07, 6.45) is 14.8. The summed E-state index contributed by atoms with van der Waals surface area (Å²) in [4.78, 5) is 14.9. The molecule has 0 bridgehead atoms. The Morgan fingerprint density at radius 3 is 2.52 bits per heavy atom. The Bertz CT molecular complexity index is 792. The molecular weight excluding hydrogens is 386 g/mol. The second-order valence-corrected chi connectivity index (χ2v) is 9.79. The number of benzene rings is 1. The predicted octanol–water partition coefficient (Wildman–Crippen LogP) is 6.58. The highest BCUT2D eigenvalue weighted by molar-refractivity contribution is 5.78. The summed E-state index contributed by atoms with van der Waals surface area (Å²) >= 11 is 0. The van der Waals surface area contributed by atoms with Crippen LogP contribution in [-0.2, 0) is 17.8 Å². The van der Waals surface area contributed by atoms with Gasteiger partial charge in [-0.05, 0) is 63.5 Å². The number of aromatic hydroxyl groups is 2. The van der Waals surface area contributed by atoms with E-state index in [1.54, 1.807) is 4.90 Å². The molecular formula is C27H41NO3. The van der Waals surface area contributed by atoms with Crippen molar-refractivity contribution in [2.75, 3.05) is 7.05 Å². The zero-order valence-electron chi connectivity index (χ0n) is 19.8. The Hall–Kier alpha value is -1.97.